The normalized spacial score (nSPS) is 16.1. The van der Waals surface area contributed by atoms with Gasteiger partial charge >= 0.3 is 0 Å². The molecule has 0 saturated carbocycles. The number of carbonyl (C=O) groups excluding carboxylic acids is 2. The number of amides is 2. The van der Waals surface area contributed by atoms with E-state index in [-0.39, 0.29) is 17.9 Å². The van der Waals surface area contributed by atoms with Gasteiger partial charge in [0.15, 0.2) is 0 Å². The summed E-state index contributed by atoms with van der Waals surface area (Å²) in [4.78, 5) is 25.4. The van der Waals surface area contributed by atoms with Gasteiger partial charge in [0.25, 0.3) is 5.91 Å². The van der Waals surface area contributed by atoms with Crippen molar-refractivity contribution >= 4 is 17.3 Å². The summed E-state index contributed by atoms with van der Waals surface area (Å²) >= 11 is 0. The number of hydrogen-bond acceptors (Lipinski definition) is 4. The molecule has 1 aliphatic rings. The zero-order chi connectivity index (χ0) is 14.8. The molecule has 0 aromatic carbocycles. The summed E-state index contributed by atoms with van der Waals surface area (Å²) in [5.74, 6) is -0.0484. The number of likely N-dealkylation sites (tertiary alicyclic amines) is 1. The van der Waals surface area contributed by atoms with Crippen molar-refractivity contribution in [1.82, 2.24) is 25.0 Å². The van der Waals surface area contributed by atoms with Crippen LogP contribution in [-0.2, 0) is 4.79 Å². The first kappa shape index (κ1) is 13.5. The van der Waals surface area contributed by atoms with Gasteiger partial charge < -0.3 is 10.2 Å². The van der Waals surface area contributed by atoms with Crippen LogP contribution in [0.2, 0.25) is 0 Å². The molecule has 21 heavy (non-hydrogen) atoms. The monoisotopic (exact) mass is 287 g/mol. The maximum Gasteiger partial charge on any atom is 0.255 e. The predicted molar refractivity (Wildman–Crippen MR) is 75.7 cm³/mol. The summed E-state index contributed by atoms with van der Waals surface area (Å²) < 4.78 is 1.44. The Balaban J connectivity index is 1.66. The lowest BCUT2D eigenvalue weighted by Crippen LogP contribution is -2.45. The second-order valence-corrected chi connectivity index (χ2v) is 5.21. The average Bonchev–Trinajstić information content (AvgIpc) is 2.92. The van der Waals surface area contributed by atoms with Crippen molar-refractivity contribution in [2.24, 2.45) is 0 Å². The van der Waals surface area contributed by atoms with Crippen LogP contribution in [0.1, 0.15) is 30.1 Å². The Morgan fingerprint density at radius 3 is 2.76 bits per heavy atom. The summed E-state index contributed by atoms with van der Waals surface area (Å²) in [5.41, 5.74) is 1.22. The molecular formula is C14H17N5O2. The fourth-order valence-electron chi connectivity index (χ4n) is 2.61. The van der Waals surface area contributed by atoms with Crippen molar-refractivity contribution in [3.8, 4) is 0 Å². The van der Waals surface area contributed by atoms with Crippen LogP contribution in [-0.4, -0.2) is 50.7 Å². The molecule has 7 heteroatoms. The smallest absolute Gasteiger partial charge is 0.255 e. The third kappa shape index (κ3) is 2.72. The molecule has 0 radical (unpaired) electrons. The number of fused-ring (bicyclic) bond motifs is 1. The number of nitrogens with zero attached hydrogens (tertiary/aromatic N) is 4. The molecule has 2 aromatic heterocycles. The Bertz CT molecular complexity index is 673. The molecule has 0 bridgehead atoms. The fourth-order valence-corrected chi connectivity index (χ4v) is 2.61. The quantitative estimate of drug-likeness (QED) is 0.870. The van der Waals surface area contributed by atoms with E-state index in [4.69, 9.17) is 0 Å². The molecule has 0 aliphatic carbocycles. The first-order chi connectivity index (χ1) is 10.1. The average molecular weight is 287 g/mol. The highest BCUT2D eigenvalue weighted by molar-refractivity contribution is 6.00. The first-order valence-electron chi connectivity index (χ1n) is 7.00. The molecule has 3 heterocycles. The van der Waals surface area contributed by atoms with Gasteiger partial charge in [-0.2, -0.15) is 14.8 Å². The molecule has 1 saturated heterocycles. The highest BCUT2D eigenvalue weighted by Gasteiger charge is 2.23. The van der Waals surface area contributed by atoms with E-state index in [9.17, 15) is 9.59 Å². The number of carbonyl (C=O) groups is 2. The van der Waals surface area contributed by atoms with Crippen molar-refractivity contribution in [3.63, 3.8) is 0 Å². The number of piperidine rings is 1. The Morgan fingerprint density at radius 2 is 2.05 bits per heavy atom. The van der Waals surface area contributed by atoms with E-state index in [0.29, 0.717) is 24.2 Å². The predicted octanol–water partition coefficient (Wildman–Crippen LogP) is 0.470. The molecule has 0 atom stereocenters. The van der Waals surface area contributed by atoms with Gasteiger partial charge in [0.05, 0.1) is 11.8 Å². The summed E-state index contributed by atoms with van der Waals surface area (Å²) in [6.45, 7) is 2.96. The SMILES string of the molecule is CC(=O)N1CCC(NC(=O)c2cnn3ncccc23)CC1. The van der Waals surface area contributed by atoms with Crippen LogP contribution in [0.15, 0.2) is 24.5 Å². The van der Waals surface area contributed by atoms with E-state index in [1.807, 2.05) is 11.0 Å². The van der Waals surface area contributed by atoms with Gasteiger partial charge in [0.2, 0.25) is 5.91 Å². The molecule has 1 aliphatic heterocycles. The lowest BCUT2D eigenvalue weighted by Gasteiger charge is -2.31. The van der Waals surface area contributed by atoms with Crippen LogP contribution in [0.5, 0.6) is 0 Å². The largest absolute Gasteiger partial charge is 0.349 e. The molecule has 0 unspecified atom stereocenters. The lowest BCUT2D eigenvalue weighted by molar-refractivity contribution is -0.129. The van der Waals surface area contributed by atoms with E-state index < -0.39 is 0 Å². The van der Waals surface area contributed by atoms with Gasteiger partial charge in [-0.3, -0.25) is 9.59 Å². The molecule has 110 valence electrons. The maximum absolute atomic E-state index is 12.3. The topological polar surface area (TPSA) is 79.6 Å². The molecule has 2 amide bonds. The van der Waals surface area contributed by atoms with Crippen LogP contribution >= 0.6 is 0 Å². The third-order valence-electron chi connectivity index (χ3n) is 3.82. The number of nitrogens with one attached hydrogen (secondary N) is 1. The van der Waals surface area contributed by atoms with Gasteiger partial charge in [0, 0.05) is 32.3 Å². The van der Waals surface area contributed by atoms with Gasteiger partial charge in [-0.1, -0.05) is 0 Å². The second-order valence-electron chi connectivity index (χ2n) is 5.21. The molecule has 3 rings (SSSR count). The fraction of sp³-hybridized carbons (Fsp3) is 0.429. The highest BCUT2D eigenvalue weighted by atomic mass is 16.2. The van der Waals surface area contributed by atoms with E-state index in [0.717, 1.165) is 12.8 Å². The van der Waals surface area contributed by atoms with Crippen LogP contribution < -0.4 is 5.32 Å². The van der Waals surface area contributed by atoms with Crippen molar-refractivity contribution < 1.29 is 9.59 Å². The molecule has 1 N–H and O–H groups in total. The van der Waals surface area contributed by atoms with Crippen molar-refractivity contribution in [2.45, 2.75) is 25.8 Å². The number of rotatable bonds is 2. The molecular weight excluding hydrogens is 270 g/mol. The summed E-state index contributed by atoms with van der Waals surface area (Å²) in [7, 11) is 0. The minimum atomic E-state index is -0.140. The standard InChI is InChI=1S/C14H17N5O2/c1-10(20)18-7-4-11(5-8-18)17-14(21)12-9-16-19-13(12)3-2-6-15-19/h2-3,6,9,11H,4-5,7-8H2,1H3,(H,17,21). The van der Waals surface area contributed by atoms with Crippen LogP contribution in [0.4, 0.5) is 0 Å². The number of hydrogen-bond donors (Lipinski definition) is 1. The van der Waals surface area contributed by atoms with E-state index in [2.05, 4.69) is 15.5 Å². The van der Waals surface area contributed by atoms with Crippen molar-refractivity contribution in [3.05, 3.63) is 30.1 Å². The molecule has 1 fully saturated rings. The van der Waals surface area contributed by atoms with E-state index in [1.54, 1.807) is 19.2 Å². The van der Waals surface area contributed by atoms with E-state index in [1.165, 1.54) is 10.8 Å². The molecule has 0 spiro atoms. The highest BCUT2D eigenvalue weighted by Crippen LogP contribution is 2.13. The van der Waals surface area contributed by atoms with Gasteiger partial charge in [-0.15, -0.1) is 0 Å². The minimum absolute atomic E-state index is 0.0912. The first-order valence-corrected chi connectivity index (χ1v) is 7.00. The summed E-state index contributed by atoms with van der Waals surface area (Å²) in [6, 6.07) is 3.69. The Labute approximate surface area is 121 Å². The third-order valence-corrected chi connectivity index (χ3v) is 3.82. The second kappa shape index (κ2) is 5.51. The maximum atomic E-state index is 12.3. The zero-order valence-corrected chi connectivity index (χ0v) is 11.8. The van der Waals surface area contributed by atoms with Crippen LogP contribution in [0.3, 0.4) is 0 Å². The molecule has 7 nitrogen and oxygen atoms in total. The number of aromatic nitrogens is 3. The summed E-state index contributed by atoms with van der Waals surface area (Å²) in [6.07, 6.45) is 4.72. The van der Waals surface area contributed by atoms with Gasteiger partial charge in [-0.25, -0.2) is 0 Å². The Hall–Kier alpha value is -2.44. The van der Waals surface area contributed by atoms with Gasteiger partial charge in [0.1, 0.15) is 5.52 Å². The van der Waals surface area contributed by atoms with Crippen LogP contribution in [0.25, 0.3) is 5.52 Å². The summed E-state index contributed by atoms with van der Waals surface area (Å²) in [5, 5.41) is 11.1. The minimum Gasteiger partial charge on any atom is -0.349 e. The Kier molecular flexibility index (Phi) is 3.55. The van der Waals surface area contributed by atoms with E-state index >= 15 is 0 Å². The van der Waals surface area contributed by atoms with Crippen LogP contribution in [0, 0.1) is 0 Å². The Morgan fingerprint density at radius 1 is 1.29 bits per heavy atom. The van der Waals surface area contributed by atoms with Crippen molar-refractivity contribution in [2.75, 3.05) is 13.1 Å². The zero-order valence-electron chi connectivity index (χ0n) is 11.8. The van der Waals surface area contributed by atoms with Gasteiger partial charge in [-0.05, 0) is 25.0 Å². The van der Waals surface area contributed by atoms with Crippen molar-refractivity contribution in [1.29, 1.82) is 0 Å². The molecule has 2 aromatic rings. The lowest BCUT2D eigenvalue weighted by atomic mass is 10.0.